The Morgan fingerprint density at radius 1 is 1.15 bits per heavy atom. The quantitative estimate of drug-likeness (QED) is 0.136. The number of aromatic amines is 1. The van der Waals surface area contributed by atoms with Crippen molar-refractivity contribution in [1.29, 1.82) is 0 Å². The van der Waals surface area contributed by atoms with Crippen LogP contribution >= 0.6 is 25.8 Å². The van der Waals surface area contributed by atoms with Gasteiger partial charge < -0.3 is 35.1 Å². The number of aromatic nitrogens is 8. The molecule has 8 rings (SSSR count). The lowest BCUT2D eigenvalue weighted by Gasteiger charge is -2.33. The third-order valence-electron chi connectivity index (χ3n) is 7.97. The number of thiol groups is 1. The van der Waals surface area contributed by atoms with Crippen LogP contribution in [0.4, 0.5) is 16.0 Å². The molecule has 10 atom stereocenters. The molecule has 8 heterocycles. The normalized spacial score (nSPS) is 39.7. The number of pyridine rings is 1. The number of imidazole rings is 1. The summed E-state index contributed by atoms with van der Waals surface area (Å²) in [7, 11) is 0. The van der Waals surface area contributed by atoms with Gasteiger partial charge in [-0.1, -0.05) is 17.5 Å². The molecule has 2 unspecified atom stereocenters. The van der Waals surface area contributed by atoms with Gasteiger partial charge >= 0.3 is 13.5 Å². The molecule has 0 aliphatic carbocycles. The lowest BCUT2D eigenvalue weighted by atomic mass is 10.0. The zero-order valence-corrected chi connectivity index (χ0v) is 26.4. The number of rotatable bonds is 2. The molecule has 46 heavy (non-hydrogen) atoms. The van der Waals surface area contributed by atoms with Crippen LogP contribution in [0.25, 0.3) is 22.3 Å². The summed E-state index contributed by atoms with van der Waals surface area (Å²) in [6, 6.07) is 1.59. The van der Waals surface area contributed by atoms with Gasteiger partial charge in [-0.25, -0.2) is 18.9 Å². The number of hydrogen-bond donors (Lipinski definition) is 5. The molecule has 4 aromatic rings. The van der Waals surface area contributed by atoms with Crippen LogP contribution in [0, 0.1) is 0 Å². The van der Waals surface area contributed by atoms with Gasteiger partial charge in [0.25, 0.3) is 5.56 Å². The molecule has 0 saturated carbocycles. The Morgan fingerprint density at radius 2 is 1.98 bits per heavy atom. The van der Waals surface area contributed by atoms with Gasteiger partial charge in [0.05, 0.1) is 31.8 Å². The second kappa shape index (κ2) is 10.7. The van der Waals surface area contributed by atoms with Crippen LogP contribution in [0.2, 0.25) is 0 Å². The van der Waals surface area contributed by atoms with E-state index in [2.05, 4.69) is 42.5 Å². The van der Waals surface area contributed by atoms with Gasteiger partial charge in [0.15, 0.2) is 35.4 Å². The number of hydrogen-bond acceptors (Lipinski definition) is 17. The molecule has 4 aromatic heterocycles. The van der Waals surface area contributed by atoms with Crippen LogP contribution < -0.4 is 17.0 Å². The molecule has 0 aromatic carbocycles. The Hall–Kier alpha value is -2.66. The van der Waals surface area contributed by atoms with Crippen molar-refractivity contribution in [1.82, 2.24) is 39.5 Å². The highest BCUT2D eigenvalue weighted by Gasteiger charge is 2.65. The minimum atomic E-state index is -4.46. The molecule has 0 amide bonds. The smallest absolute Gasteiger partial charge is 0.386 e. The number of nitrogens with one attached hydrogen (secondary N) is 1. The Balaban J connectivity index is 1.14. The van der Waals surface area contributed by atoms with Gasteiger partial charge in [-0.05, 0) is 17.9 Å². The summed E-state index contributed by atoms with van der Waals surface area (Å²) in [5.41, 5.74) is 10.2. The van der Waals surface area contributed by atoms with E-state index in [1.54, 1.807) is 10.6 Å². The second-order valence-electron chi connectivity index (χ2n) is 10.8. The SMILES string of the molecule is Nc1nc2c(nnn2[C@@H]2O[C@@H]3COP(O)(=S)O[C@H]4[C@H]5OC[C@]4(COP(=O)(S)O[C@@H]2[C@H]3F)O[C@H]5n2cnc3c(N)ccnc32)c(=O)[nH]1. The number of nitrogens with zero attached hydrogens (tertiary/aromatic N) is 7. The summed E-state index contributed by atoms with van der Waals surface area (Å²) in [4.78, 5) is 38.4. The Labute approximate surface area is 265 Å². The average molecular weight is 721 g/mol. The zero-order valence-electron chi connectivity index (χ0n) is 22.9. The molecule has 246 valence electrons. The molecule has 0 spiro atoms. The maximum absolute atomic E-state index is 15.9. The molecule has 0 radical (unpaired) electrons. The van der Waals surface area contributed by atoms with Crippen LogP contribution in [0.5, 0.6) is 0 Å². The number of alkyl halides is 1. The van der Waals surface area contributed by atoms with Crippen LogP contribution in [0.3, 0.4) is 0 Å². The summed E-state index contributed by atoms with van der Waals surface area (Å²) in [6.45, 7) is -9.97. The fraction of sp³-hybridized carbons (Fsp3) is 0.524. The second-order valence-corrected chi connectivity index (χ2v) is 16.5. The summed E-state index contributed by atoms with van der Waals surface area (Å²) < 4.78 is 73.1. The third kappa shape index (κ3) is 4.89. The maximum Gasteiger partial charge on any atom is 0.386 e. The molecule has 6 N–H and O–H groups in total. The fourth-order valence-corrected chi connectivity index (χ4v) is 8.83. The molecule has 20 nitrogen and oxygen atoms in total. The minimum Gasteiger partial charge on any atom is -0.397 e. The number of H-pyrrole nitrogens is 1. The van der Waals surface area contributed by atoms with Gasteiger partial charge in [-0.3, -0.25) is 27.9 Å². The number of halogens is 1. The molecule has 4 fully saturated rings. The van der Waals surface area contributed by atoms with E-state index in [0.717, 1.165) is 4.68 Å². The van der Waals surface area contributed by atoms with Gasteiger partial charge in [-0.15, -0.1) is 5.10 Å². The summed E-state index contributed by atoms with van der Waals surface area (Å²) in [5, 5.41) is 7.62. The monoisotopic (exact) mass is 720 g/mol. The van der Waals surface area contributed by atoms with Crippen molar-refractivity contribution in [2.75, 3.05) is 31.3 Å². The molecule has 4 saturated heterocycles. The number of nitrogens with two attached hydrogens (primary N) is 2. The van der Waals surface area contributed by atoms with E-state index in [1.807, 2.05) is 0 Å². The highest BCUT2D eigenvalue weighted by molar-refractivity contribution is 8.44. The predicted molar refractivity (Wildman–Crippen MR) is 158 cm³/mol. The average Bonchev–Trinajstić information content (AvgIpc) is 3.80. The first-order chi connectivity index (χ1) is 21.8. The highest BCUT2D eigenvalue weighted by Crippen LogP contribution is 2.61. The molecule has 4 aliphatic rings. The number of fused-ring (bicyclic) bond motifs is 4. The van der Waals surface area contributed by atoms with Crippen molar-refractivity contribution in [3.8, 4) is 0 Å². The number of anilines is 2. The lowest BCUT2D eigenvalue weighted by Crippen LogP contribution is -2.45. The highest BCUT2D eigenvalue weighted by atomic mass is 32.7. The minimum absolute atomic E-state index is 0.153. The molecule has 4 bridgehead atoms. The first-order valence-electron chi connectivity index (χ1n) is 13.4. The molecular formula is C21H23FN10O10P2S2. The summed E-state index contributed by atoms with van der Waals surface area (Å²) in [6.07, 6.45) is -6.85. The number of nitrogen functional groups attached to an aromatic ring is 2. The van der Waals surface area contributed by atoms with Gasteiger partial charge in [-0.2, -0.15) is 9.67 Å². The largest absolute Gasteiger partial charge is 0.397 e. The van der Waals surface area contributed by atoms with E-state index in [-0.39, 0.29) is 23.7 Å². The van der Waals surface area contributed by atoms with Gasteiger partial charge in [0.2, 0.25) is 5.95 Å². The van der Waals surface area contributed by atoms with Crippen molar-refractivity contribution in [2.24, 2.45) is 0 Å². The Kier molecular flexibility index (Phi) is 7.11. The molecule has 25 heteroatoms. The van der Waals surface area contributed by atoms with E-state index in [4.69, 9.17) is 55.6 Å². The first kappa shape index (κ1) is 30.7. The third-order valence-corrected chi connectivity index (χ3v) is 11.1. The zero-order chi connectivity index (χ0) is 32.2. The van der Waals surface area contributed by atoms with E-state index >= 15 is 4.39 Å². The lowest BCUT2D eigenvalue weighted by molar-refractivity contribution is -0.183. The van der Waals surface area contributed by atoms with Gasteiger partial charge in [0, 0.05) is 6.20 Å². The topological polar surface area (TPSA) is 261 Å². The van der Waals surface area contributed by atoms with Gasteiger partial charge in [0.1, 0.15) is 35.5 Å². The fourth-order valence-electron chi connectivity index (χ4n) is 5.90. The Bertz CT molecular complexity index is 2040. The van der Waals surface area contributed by atoms with Crippen molar-refractivity contribution < 1.29 is 46.2 Å². The first-order valence-corrected chi connectivity index (χ1v) is 18.7. The summed E-state index contributed by atoms with van der Waals surface area (Å²) in [5.74, 6) is -0.277. The maximum atomic E-state index is 15.9. The van der Waals surface area contributed by atoms with E-state index < -0.39 is 80.9 Å². The van der Waals surface area contributed by atoms with E-state index in [0.29, 0.717) is 16.9 Å². The molecular weight excluding hydrogens is 697 g/mol. The Morgan fingerprint density at radius 3 is 2.80 bits per heavy atom. The van der Waals surface area contributed by atoms with Crippen LogP contribution in [0.1, 0.15) is 12.5 Å². The van der Waals surface area contributed by atoms with Crippen LogP contribution in [-0.4, -0.2) is 100 Å². The van der Waals surface area contributed by atoms with E-state index in [1.165, 1.54) is 12.5 Å². The molecule has 4 aliphatic heterocycles. The standard InChI is InChI=1S/C21H23FN10O10P2S2/c22-9-8-3-37-43(34,45)42-14-13-18(31-6-26-10-7(23)1-2-25-15(10)31)40-21(14,4-36-13)5-38-44(35,46)41-12(9)19(39-8)32-16-11(29-30-32)17(33)28-20(24)27-16/h1-2,6,8-9,12-14,18-19H,3-5H2,(H2,23,25)(H,34,45)(H,35,46)(H3,24,27,28,33)/t8-,9+,12-,13-,14+,18-,19-,21-,43?,44?/m1/s1. The van der Waals surface area contributed by atoms with Crippen LogP contribution in [-0.2, 0) is 48.7 Å². The van der Waals surface area contributed by atoms with Crippen molar-refractivity contribution in [3.63, 3.8) is 0 Å². The number of ether oxygens (including phenoxy) is 3. The van der Waals surface area contributed by atoms with Crippen molar-refractivity contribution >= 4 is 71.5 Å². The summed E-state index contributed by atoms with van der Waals surface area (Å²) >= 11 is 9.40. The van der Waals surface area contributed by atoms with Crippen LogP contribution in [0.15, 0.2) is 23.4 Å². The van der Waals surface area contributed by atoms with Crippen molar-refractivity contribution in [3.05, 3.63) is 28.9 Å². The predicted octanol–water partition coefficient (Wildman–Crippen LogP) is 0.0977. The van der Waals surface area contributed by atoms with E-state index in [9.17, 15) is 14.3 Å². The van der Waals surface area contributed by atoms with Crippen molar-refractivity contribution in [2.45, 2.75) is 48.6 Å².